The third-order valence-corrected chi connectivity index (χ3v) is 3.61. The van der Waals surface area contributed by atoms with Crippen LogP contribution in [0.3, 0.4) is 0 Å². The van der Waals surface area contributed by atoms with Crippen LogP contribution in [0.4, 0.5) is 5.69 Å². The number of nitrogens with zero attached hydrogens (tertiary/aromatic N) is 2. The first-order valence-electron chi connectivity index (χ1n) is 7.78. The van der Waals surface area contributed by atoms with Gasteiger partial charge in [-0.25, -0.2) is 5.43 Å². The van der Waals surface area contributed by atoms with Crippen molar-refractivity contribution in [2.45, 2.75) is 20.8 Å². The molecule has 0 fully saturated rings. The molecule has 0 bridgehead atoms. The van der Waals surface area contributed by atoms with Gasteiger partial charge in [-0.1, -0.05) is 17.7 Å². The van der Waals surface area contributed by atoms with E-state index in [1.54, 1.807) is 6.07 Å². The van der Waals surface area contributed by atoms with Crippen molar-refractivity contribution in [3.63, 3.8) is 0 Å². The smallest absolute Gasteiger partial charge is 0.277 e. The molecule has 8 nitrogen and oxygen atoms in total. The highest BCUT2D eigenvalue weighted by atomic mass is 16.6. The molecule has 0 saturated heterocycles. The molecule has 0 aliphatic heterocycles. The minimum Gasteiger partial charge on any atom is -0.507 e. The standard InChI is InChI=1S/C18H19N3O5/c1-11-4-5-16(12(2)6-11)26-10-17(22)20-19-9-14-8-15(21(24)25)7-13(3)18(14)23/h4-9,23H,10H2,1-3H3,(H,20,22). The zero-order valence-electron chi connectivity index (χ0n) is 14.6. The Morgan fingerprint density at radius 3 is 2.65 bits per heavy atom. The predicted octanol–water partition coefficient (Wildman–Crippen LogP) is 2.75. The van der Waals surface area contributed by atoms with Crippen molar-refractivity contribution in [3.05, 3.63) is 62.7 Å². The van der Waals surface area contributed by atoms with Crippen LogP contribution in [0.15, 0.2) is 35.4 Å². The minimum atomic E-state index is -0.569. The minimum absolute atomic E-state index is 0.132. The van der Waals surface area contributed by atoms with Crippen molar-refractivity contribution < 1.29 is 19.6 Å². The van der Waals surface area contributed by atoms with Crippen LogP contribution in [0.1, 0.15) is 22.3 Å². The number of hydrogen-bond acceptors (Lipinski definition) is 6. The Balaban J connectivity index is 1.97. The molecule has 26 heavy (non-hydrogen) atoms. The maximum Gasteiger partial charge on any atom is 0.277 e. The van der Waals surface area contributed by atoms with Gasteiger partial charge in [-0.05, 0) is 38.0 Å². The van der Waals surface area contributed by atoms with Gasteiger partial charge in [0.1, 0.15) is 11.5 Å². The first kappa shape index (κ1) is 18.9. The van der Waals surface area contributed by atoms with Crippen LogP contribution in [-0.2, 0) is 4.79 Å². The Morgan fingerprint density at radius 1 is 1.27 bits per heavy atom. The summed E-state index contributed by atoms with van der Waals surface area (Å²) in [5.74, 6) is -0.0373. The van der Waals surface area contributed by atoms with Crippen molar-refractivity contribution >= 4 is 17.8 Å². The van der Waals surface area contributed by atoms with E-state index in [1.807, 2.05) is 26.0 Å². The summed E-state index contributed by atoms with van der Waals surface area (Å²) < 4.78 is 5.43. The lowest BCUT2D eigenvalue weighted by Gasteiger charge is -2.08. The number of carbonyl (C=O) groups is 1. The molecule has 1 amide bonds. The van der Waals surface area contributed by atoms with Crippen molar-refractivity contribution in [2.75, 3.05) is 6.61 Å². The molecule has 0 saturated carbocycles. The van der Waals surface area contributed by atoms with Gasteiger partial charge in [0.25, 0.3) is 11.6 Å². The van der Waals surface area contributed by atoms with Gasteiger partial charge in [0.2, 0.25) is 0 Å². The fourth-order valence-electron chi connectivity index (χ4n) is 2.30. The van der Waals surface area contributed by atoms with Gasteiger partial charge in [0.15, 0.2) is 6.61 Å². The summed E-state index contributed by atoms with van der Waals surface area (Å²) in [7, 11) is 0. The van der Waals surface area contributed by atoms with E-state index >= 15 is 0 Å². The Hall–Kier alpha value is -3.42. The number of nitrogens with one attached hydrogen (secondary N) is 1. The summed E-state index contributed by atoms with van der Waals surface area (Å²) in [4.78, 5) is 22.1. The topological polar surface area (TPSA) is 114 Å². The number of rotatable bonds is 6. The summed E-state index contributed by atoms with van der Waals surface area (Å²) in [5, 5.41) is 24.5. The van der Waals surface area contributed by atoms with Crippen LogP contribution in [0, 0.1) is 30.9 Å². The molecule has 0 aliphatic carbocycles. The zero-order chi connectivity index (χ0) is 19.3. The largest absolute Gasteiger partial charge is 0.507 e. The first-order chi connectivity index (χ1) is 12.3. The number of hydrogen-bond donors (Lipinski definition) is 2. The fraction of sp³-hybridized carbons (Fsp3) is 0.222. The van der Waals surface area contributed by atoms with E-state index < -0.39 is 10.8 Å². The van der Waals surface area contributed by atoms with Gasteiger partial charge in [0, 0.05) is 17.7 Å². The van der Waals surface area contributed by atoms with E-state index in [4.69, 9.17) is 4.74 Å². The number of phenols is 1. The maximum absolute atomic E-state index is 11.8. The van der Waals surface area contributed by atoms with Crippen LogP contribution in [0.25, 0.3) is 0 Å². The molecular formula is C18H19N3O5. The summed E-state index contributed by atoms with van der Waals surface area (Å²) in [5.41, 5.74) is 4.56. The second-order valence-corrected chi connectivity index (χ2v) is 5.81. The third-order valence-electron chi connectivity index (χ3n) is 3.61. The lowest BCUT2D eigenvalue weighted by atomic mass is 10.1. The van der Waals surface area contributed by atoms with E-state index in [0.717, 1.165) is 17.3 Å². The predicted molar refractivity (Wildman–Crippen MR) is 96.6 cm³/mol. The average Bonchev–Trinajstić information content (AvgIpc) is 2.57. The van der Waals surface area contributed by atoms with Gasteiger partial charge in [-0.2, -0.15) is 5.10 Å². The molecule has 0 aromatic heterocycles. The zero-order valence-corrected chi connectivity index (χ0v) is 14.6. The van der Waals surface area contributed by atoms with Gasteiger partial charge in [0.05, 0.1) is 11.1 Å². The van der Waals surface area contributed by atoms with Gasteiger partial charge < -0.3 is 9.84 Å². The third kappa shape index (κ3) is 4.79. The van der Waals surface area contributed by atoms with Gasteiger partial charge >= 0.3 is 0 Å². The molecule has 2 aromatic carbocycles. The SMILES string of the molecule is Cc1ccc(OCC(=O)NN=Cc2cc([N+](=O)[O-])cc(C)c2O)c(C)c1. The number of hydrazone groups is 1. The Bertz CT molecular complexity index is 877. The normalized spacial score (nSPS) is 10.7. The van der Waals surface area contributed by atoms with Crippen LogP contribution in [-0.4, -0.2) is 28.8 Å². The van der Waals surface area contributed by atoms with E-state index in [-0.39, 0.29) is 23.6 Å². The van der Waals surface area contributed by atoms with E-state index in [0.29, 0.717) is 11.3 Å². The number of benzene rings is 2. The molecule has 8 heteroatoms. The molecule has 0 spiro atoms. The van der Waals surface area contributed by atoms with Crippen molar-refractivity contribution in [1.29, 1.82) is 0 Å². The van der Waals surface area contributed by atoms with Crippen LogP contribution in [0.5, 0.6) is 11.5 Å². The highest BCUT2D eigenvalue weighted by Crippen LogP contribution is 2.26. The number of carbonyl (C=O) groups excluding carboxylic acids is 1. The average molecular weight is 357 g/mol. The number of nitro groups is 1. The number of non-ortho nitro benzene ring substituents is 1. The van der Waals surface area contributed by atoms with Crippen LogP contribution in [0.2, 0.25) is 0 Å². The number of aryl methyl sites for hydroxylation is 3. The molecule has 2 N–H and O–H groups in total. The van der Waals surface area contributed by atoms with Crippen molar-refractivity contribution in [3.8, 4) is 11.5 Å². The van der Waals surface area contributed by atoms with Gasteiger partial charge in [-0.3, -0.25) is 14.9 Å². The summed E-state index contributed by atoms with van der Waals surface area (Å²) in [6, 6.07) is 8.03. The molecule has 0 unspecified atom stereocenters. The molecule has 2 aromatic rings. The van der Waals surface area contributed by atoms with Crippen LogP contribution >= 0.6 is 0 Å². The second kappa shape index (κ2) is 8.11. The number of nitro benzene ring substituents is 1. The summed E-state index contributed by atoms with van der Waals surface area (Å²) >= 11 is 0. The lowest BCUT2D eigenvalue weighted by molar-refractivity contribution is -0.384. The molecule has 2 rings (SSSR count). The molecule has 0 aliphatic rings. The molecule has 0 radical (unpaired) electrons. The fourth-order valence-corrected chi connectivity index (χ4v) is 2.30. The number of ether oxygens (including phenoxy) is 1. The Kier molecular flexibility index (Phi) is 5.90. The van der Waals surface area contributed by atoms with Gasteiger partial charge in [-0.15, -0.1) is 0 Å². The van der Waals surface area contributed by atoms with E-state index in [1.165, 1.54) is 19.1 Å². The molecule has 136 valence electrons. The molecule has 0 atom stereocenters. The number of amides is 1. The highest BCUT2D eigenvalue weighted by Gasteiger charge is 2.12. The van der Waals surface area contributed by atoms with Crippen molar-refractivity contribution in [2.24, 2.45) is 5.10 Å². The number of phenolic OH excluding ortho intramolecular Hbond substituents is 1. The second-order valence-electron chi connectivity index (χ2n) is 5.81. The lowest BCUT2D eigenvalue weighted by Crippen LogP contribution is -2.24. The maximum atomic E-state index is 11.8. The monoisotopic (exact) mass is 357 g/mol. The van der Waals surface area contributed by atoms with E-state index in [9.17, 15) is 20.0 Å². The Labute approximate surface area is 150 Å². The summed E-state index contributed by atoms with van der Waals surface area (Å²) in [6.07, 6.45) is 1.14. The highest BCUT2D eigenvalue weighted by molar-refractivity contribution is 5.87. The number of aromatic hydroxyl groups is 1. The quantitative estimate of drug-likeness (QED) is 0.469. The first-order valence-corrected chi connectivity index (χ1v) is 7.78. The molecule has 0 heterocycles. The Morgan fingerprint density at radius 2 is 2.00 bits per heavy atom. The van der Waals surface area contributed by atoms with E-state index in [2.05, 4.69) is 10.5 Å². The summed E-state index contributed by atoms with van der Waals surface area (Å²) in [6.45, 7) is 5.15. The molecular weight excluding hydrogens is 338 g/mol. The van der Waals surface area contributed by atoms with Crippen LogP contribution < -0.4 is 10.2 Å². The van der Waals surface area contributed by atoms with Crippen molar-refractivity contribution in [1.82, 2.24) is 5.43 Å².